The molecule has 3 nitrogen and oxygen atoms in total. The molecule has 0 saturated carbocycles. The highest BCUT2D eigenvalue weighted by molar-refractivity contribution is 6.58. The zero-order chi connectivity index (χ0) is 11.8. The van der Waals surface area contributed by atoms with E-state index in [9.17, 15) is 0 Å². The minimum Gasteiger partial charge on any atom is -0.457 e. The van der Waals surface area contributed by atoms with Crippen LogP contribution in [0.5, 0.6) is 11.5 Å². The van der Waals surface area contributed by atoms with Crippen LogP contribution in [-0.2, 0) is 6.42 Å². The van der Waals surface area contributed by atoms with Gasteiger partial charge in [0.15, 0.2) is 0 Å². The number of hydrogen-bond donors (Lipinski definition) is 2. The van der Waals surface area contributed by atoms with E-state index in [0.29, 0.717) is 5.46 Å². The third-order valence-electron chi connectivity index (χ3n) is 2.96. The van der Waals surface area contributed by atoms with Crippen LogP contribution in [0.3, 0.4) is 0 Å². The molecule has 4 heteroatoms. The normalized spacial score (nSPS) is 12.4. The lowest BCUT2D eigenvalue weighted by Gasteiger charge is -2.20. The van der Waals surface area contributed by atoms with Crippen molar-refractivity contribution in [2.45, 2.75) is 6.42 Å². The molecular formula is C13H11BO3. The summed E-state index contributed by atoms with van der Waals surface area (Å²) in [5.74, 6) is 1.66. The van der Waals surface area contributed by atoms with E-state index in [4.69, 9.17) is 14.8 Å². The van der Waals surface area contributed by atoms with Crippen molar-refractivity contribution < 1.29 is 14.8 Å². The summed E-state index contributed by atoms with van der Waals surface area (Å²) < 4.78 is 5.75. The van der Waals surface area contributed by atoms with Crippen LogP contribution in [0, 0.1) is 0 Å². The minimum atomic E-state index is -1.43. The van der Waals surface area contributed by atoms with Crippen molar-refractivity contribution in [1.82, 2.24) is 0 Å². The van der Waals surface area contributed by atoms with E-state index in [-0.39, 0.29) is 0 Å². The summed E-state index contributed by atoms with van der Waals surface area (Å²) in [7, 11) is -1.43. The van der Waals surface area contributed by atoms with Crippen LogP contribution in [0.1, 0.15) is 11.1 Å². The highest BCUT2D eigenvalue weighted by Crippen LogP contribution is 2.35. The molecule has 84 valence electrons. The molecule has 0 atom stereocenters. The van der Waals surface area contributed by atoms with Crippen LogP contribution >= 0.6 is 0 Å². The fourth-order valence-corrected chi connectivity index (χ4v) is 2.07. The third-order valence-corrected chi connectivity index (χ3v) is 2.96. The lowest BCUT2D eigenvalue weighted by atomic mass is 9.79. The van der Waals surface area contributed by atoms with Crippen molar-refractivity contribution in [2.24, 2.45) is 0 Å². The lowest BCUT2D eigenvalue weighted by Crippen LogP contribution is -2.30. The highest BCUT2D eigenvalue weighted by atomic mass is 16.5. The molecule has 0 aromatic heterocycles. The van der Waals surface area contributed by atoms with Gasteiger partial charge in [-0.1, -0.05) is 30.3 Å². The van der Waals surface area contributed by atoms with Gasteiger partial charge in [0.25, 0.3) is 0 Å². The first kappa shape index (κ1) is 10.4. The summed E-state index contributed by atoms with van der Waals surface area (Å²) in [4.78, 5) is 0. The van der Waals surface area contributed by atoms with Gasteiger partial charge >= 0.3 is 7.12 Å². The number of fused-ring (bicyclic) bond motifs is 2. The van der Waals surface area contributed by atoms with Crippen molar-refractivity contribution in [1.29, 1.82) is 0 Å². The van der Waals surface area contributed by atoms with E-state index < -0.39 is 7.12 Å². The molecule has 0 fully saturated rings. The smallest absolute Gasteiger partial charge is 0.457 e. The summed E-state index contributed by atoms with van der Waals surface area (Å²) in [6, 6.07) is 13.1. The maximum absolute atomic E-state index is 9.14. The van der Waals surface area contributed by atoms with E-state index in [1.54, 1.807) is 18.2 Å². The fraction of sp³-hybridized carbons (Fsp3) is 0.0769. The predicted molar refractivity (Wildman–Crippen MR) is 65.6 cm³/mol. The van der Waals surface area contributed by atoms with Crippen LogP contribution < -0.4 is 10.2 Å². The molecular weight excluding hydrogens is 215 g/mol. The molecule has 1 aliphatic heterocycles. The molecule has 0 spiro atoms. The third kappa shape index (κ3) is 1.81. The largest absolute Gasteiger partial charge is 0.488 e. The van der Waals surface area contributed by atoms with Crippen molar-refractivity contribution in [3.05, 3.63) is 53.6 Å². The predicted octanol–water partition coefficient (Wildman–Crippen LogP) is 1.06. The van der Waals surface area contributed by atoms with Crippen molar-refractivity contribution in [3.63, 3.8) is 0 Å². The number of rotatable bonds is 1. The molecule has 2 aromatic carbocycles. The summed E-state index contributed by atoms with van der Waals surface area (Å²) in [5, 5.41) is 18.3. The monoisotopic (exact) mass is 226 g/mol. The molecule has 0 bridgehead atoms. The van der Waals surface area contributed by atoms with Crippen molar-refractivity contribution in [2.75, 3.05) is 0 Å². The van der Waals surface area contributed by atoms with Crippen LogP contribution in [0.4, 0.5) is 0 Å². The van der Waals surface area contributed by atoms with Crippen LogP contribution in [-0.4, -0.2) is 17.2 Å². The van der Waals surface area contributed by atoms with E-state index >= 15 is 0 Å². The van der Waals surface area contributed by atoms with Gasteiger partial charge in [-0.25, -0.2) is 0 Å². The second-order valence-corrected chi connectivity index (χ2v) is 4.13. The molecule has 3 rings (SSSR count). The topological polar surface area (TPSA) is 49.7 Å². The summed E-state index contributed by atoms with van der Waals surface area (Å²) >= 11 is 0. The zero-order valence-electron chi connectivity index (χ0n) is 9.13. The first-order valence-electron chi connectivity index (χ1n) is 5.49. The van der Waals surface area contributed by atoms with Gasteiger partial charge in [-0.3, -0.25) is 0 Å². The van der Waals surface area contributed by atoms with Crippen LogP contribution in [0.2, 0.25) is 0 Å². The highest BCUT2D eigenvalue weighted by Gasteiger charge is 2.19. The maximum Gasteiger partial charge on any atom is 0.488 e. The van der Waals surface area contributed by atoms with Gasteiger partial charge in [-0.05, 0) is 28.7 Å². The quantitative estimate of drug-likeness (QED) is 0.610. The average Bonchev–Trinajstić information content (AvgIpc) is 2.35. The number of para-hydroxylation sites is 1. The van der Waals surface area contributed by atoms with Gasteiger partial charge in [0.1, 0.15) is 11.5 Å². The van der Waals surface area contributed by atoms with Crippen molar-refractivity contribution >= 4 is 12.6 Å². The molecule has 0 unspecified atom stereocenters. The van der Waals surface area contributed by atoms with E-state index in [0.717, 1.165) is 29.0 Å². The van der Waals surface area contributed by atoms with Gasteiger partial charge in [0, 0.05) is 6.42 Å². The molecule has 1 aliphatic rings. The molecule has 0 radical (unpaired) electrons. The average molecular weight is 226 g/mol. The Morgan fingerprint density at radius 3 is 2.53 bits per heavy atom. The number of hydrogen-bond acceptors (Lipinski definition) is 3. The van der Waals surface area contributed by atoms with E-state index in [1.165, 1.54) is 0 Å². The lowest BCUT2D eigenvalue weighted by molar-refractivity contribution is 0.425. The Labute approximate surface area is 99.4 Å². The van der Waals surface area contributed by atoms with Crippen molar-refractivity contribution in [3.8, 4) is 11.5 Å². The fourth-order valence-electron chi connectivity index (χ4n) is 2.07. The molecule has 2 aromatic rings. The second-order valence-electron chi connectivity index (χ2n) is 4.13. The van der Waals surface area contributed by atoms with Gasteiger partial charge in [-0.2, -0.15) is 0 Å². The Kier molecular flexibility index (Phi) is 2.39. The van der Waals surface area contributed by atoms with E-state index in [2.05, 4.69) is 0 Å². The molecule has 17 heavy (non-hydrogen) atoms. The molecule has 0 saturated heterocycles. The maximum atomic E-state index is 9.14. The first-order chi connectivity index (χ1) is 8.24. The van der Waals surface area contributed by atoms with Crippen LogP contribution in [0.15, 0.2) is 42.5 Å². The van der Waals surface area contributed by atoms with Gasteiger partial charge in [0.2, 0.25) is 0 Å². The van der Waals surface area contributed by atoms with Gasteiger partial charge in [-0.15, -0.1) is 0 Å². The molecule has 2 N–H and O–H groups in total. The first-order valence-corrected chi connectivity index (χ1v) is 5.49. The molecule has 0 aliphatic carbocycles. The Morgan fingerprint density at radius 2 is 1.71 bits per heavy atom. The number of ether oxygens (including phenoxy) is 1. The summed E-state index contributed by atoms with van der Waals surface area (Å²) in [5.41, 5.74) is 2.59. The standard InChI is InChI=1S/C13H11BO3/c15-14(16)11-5-6-13-10(8-11)7-9-3-1-2-4-12(9)17-13/h1-6,8,15-16H,7H2. The van der Waals surface area contributed by atoms with E-state index in [1.807, 2.05) is 24.3 Å². The van der Waals surface area contributed by atoms with Gasteiger partial charge in [0.05, 0.1) is 0 Å². The zero-order valence-corrected chi connectivity index (χ0v) is 9.13. The summed E-state index contributed by atoms with van der Waals surface area (Å²) in [6.07, 6.45) is 0.756. The Hall–Kier alpha value is -1.78. The SMILES string of the molecule is OB(O)c1ccc2c(c1)Cc1ccccc1O2. The summed E-state index contributed by atoms with van der Waals surface area (Å²) in [6.45, 7) is 0. The Bertz CT molecular complexity index is 566. The number of benzene rings is 2. The second kappa shape index (κ2) is 3.91. The Morgan fingerprint density at radius 1 is 0.941 bits per heavy atom. The van der Waals surface area contributed by atoms with Gasteiger partial charge < -0.3 is 14.8 Å². The molecule has 1 heterocycles. The van der Waals surface area contributed by atoms with Crippen LogP contribution in [0.25, 0.3) is 0 Å². The Balaban J connectivity index is 2.03. The minimum absolute atomic E-state index is 0.492. The molecule has 0 amide bonds.